The summed E-state index contributed by atoms with van der Waals surface area (Å²) in [6.45, 7) is 0.0790. The number of carbonyl (C=O) groups is 1. The van der Waals surface area contributed by atoms with Crippen LogP contribution in [0.1, 0.15) is 21.7 Å². The van der Waals surface area contributed by atoms with Gasteiger partial charge in [-0.25, -0.2) is 13.8 Å². The predicted molar refractivity (Wildman–Crippen MR) is 143 cm³/mol. The monoisotopic (exact) mass is 541 g/mol. The summed E-state index contributed by atoms with van der Waals surface area (Å²) in [5, 5.41) is 4.92. The van der Waals surface area contributed by atoms with Gasteiger partial charge in [0.25, 0.3) is 5.91 Å². The number of nitrogens with one attached hydrogen (secondary N) is 1. The third-order valence-electron chi connectivity index (χ3n) is 5.17. The Kier molecular flexibility index (Phi) is 7.79. The van der Waals surface area contributed by atoms with Gasteiger partial charge >= 0.3 is 0 Å². The summed E-state index contributed by atoms with van der Waals surface area (Å²) in [6.07, 6.45) is 2.44. The van der Waals surface area contributed by atoms with Crippen LogP contribution in [0.25, 0.3) is 11.3 Å². The maximum absolute atomic E-state index is 12.9. The maximum Gasteiger partial charge on any atom is 0.273 e. The molecule has 4 rings (SSSR count). The minimum Gasteiger partial charge on any atom is -0.455 e. The molecule has 0 radical (unpaired) electrons. The highest BCUT2D eigenvalue weighted by atomic mass is 35.5. The lowest BCUT2D eigenvalue weighted by Crippen LogP contribution is -2.32. The van der Waals surface area contributed by atoms with Gasteiger partial charge in [0.1, 0.15) is 11.5 Å². The van der Waals surface area contributed by atoms with Crippen molar-refractivity contribution in [2.75, 3.05) is 10.6 Å². The van der Waals surface area contributed by atoms with Crippen LogP contribution in [0.5, 0.6) is 0 Å². The molecule has 7 nitrogen and oxygen atoms in total. The van der Waals surface area contributed by atoms with Gasteiger partial charge in [0.15, 0.2) is 0 Å². The fraction of sp³-hybridized carbons (Fsp3) is 0.0769. The fourth-order valence-corrected chi connectivity index (χ4v) is 4.89. The number of benzene rings is 3. The average molecular weight is 542 g/mol. The van der Waals surface area contributed by atoms with Crippen LogP contribution in [0.3, 0.4) is 0 Å². The number of anilines is 1. The molecule has 0 bridgehead atoms. The van der Waals surface area contributed by atoms with E-state index in [-0.39, 0.29) is 17.8 Å². The Morgan fingerprint density at radius 1 is 1.00 bits per heavy atom. The number of amides is 1. The topological polar surface area (TPSA) is 92.0 Å². The SMILES string of the molecule is CS(=O)(=O)N(Cc1ccccc1)c1ccccc1C(=O)N/N=C/c1ccc(-c2ccc(Cl)cc2Cl)o1. The van der Waals surface area contributed by atoms with E-state index in [1.54, 1.807) is 48.5 Å². The van der Waals surface area contributed by atoms with Gasteiger partial charge in [-0.05, 0) is 48.0 Å². The van der Waals surface area contributed by atoms with Gasteiger partial charge in [-0.1, -0.05) is 65.7 Å². The number of sulfonamides is 1. The first kappa shape index (κ1) is 25.5. The summed E-state index contributed by atoms with van der Waals surface area (Å²) >= 11 is 12.2. The Morgan fingerprint density at radius 2 is 1.72 bits per heavy atom. The number of hydrogen-bond acceptors (Lipinski definition) is 5. The molecule has 184 valence electrons. The summed E-state index contributed by atoms with van der Waals surface area (Å²) in [5.74, 6) is 0.321. The van der Waals surface area contributed by atoms with Crippen LogP contribution in [-0.4, -0.2) is 26.8 Å². The number of halogens is 2. The molecular formula is C26H21Cl2N3O4S. The van der Waals surface area contributed by atoms with Gasteiger partial charge in [0, 0.05) is 10.6 Å². The summed E-state index contributed by atoms with van der Waals surface area (Å²) in [5.41, 5.74) is 4.28. The lowest BCUT2D eigenvalue weighted by atomic mass is 10.1. The van der Waals surface area contributed by atoms with E-state index in [0.29, 0.717) is 27.1 Å². The molecule has 0 unspecified atom stereocenters. The quantitative estimate of drug-likeness (QED) is 0.219. The molecule has 36 heavy (non-hydrogen) atoms. The molecule has 1 amide bonds. The van der Waals surface area contributed by atoms with Crippen molar-refractivity contribution in [2.24, 2.45) is 5.10 Å². The van der Waals surface area contributed by atoms with Crippen LogP contribution in [0, 0.1) is 0 Å². The summed E-state index contributed by atoms with van der Waals surface area (Å²) in [4.78, 5) is 12.9. The van der Waals surface area contributed by atoms with Crippen LogP contribution < -0.4 is 9.73 Å². The first-order chi connectivity index (χ1) is 17.2. The number of hydrogen-bond donors (Lipinski definition) is 1. The molecular weight excluding hydrogens is 521 g/mol. The predicted octanol–water partition coefficient (Wildman–Crippen LogP) is 5.98. The highest BCUT2D eigenvalue weighted by molar-refractivity contribution is 7.92. The van der Waals surface area contributed by atoms with E-state index in [1.165, 1.54) is 16.6 Å². The van der Waals surface area contributed by atoms with E-state index in [9.17, 15) is 13.2 Å². The molecule has 1 aromatic heterocycles. The molecule has 0 aliphatic heterocycles. The lowest BCUT2D eigenvalue weighted by Gasteiger charge is -2.24. The minimum absolute atomic E-state index is 0.0790. The molecule has 0 spiro atoms. The molecule has 3 aromatic carbocycles. The van der Waals surface area contributed by atoms with E-state index in [1.807, 2.05) is 30.3 Å². The highest BCUT2D eigenvalue weighted by Gasteiger charge is 2.23. The maximum atomic E-state index is 12.9. The second-order valence-electron chi connectivity index (χ2n) is 7.80. The van der Waals surface area contributed by atoms with Gasteiger partial charge in [0.2, 0.25) is 10.0 Å². The van der Waals surface area contributed by atoms with Crippen LogP contribution in [0.4, 0.5) is 5.69 Å². The van der Waals surface area contributed by atoms with Gasteiger partial charge in [-0.3, -0.25) is 9.10 Å². The van der Waals surface area contributed by atoms with Crippen molar-refractivity contribution < 1.29 is 17.6 Å². The Hall–Kier alpha value is -3.59. The van der Waals surface area contributed by atoms with Crippen molar-refractivity contribution in [1.82, 2.24) is 5.43 Å². The summed E-state index contributed by atoms with van der Waals surface area (Å²) < 4.78 is 32.1. The zero-order chi connectivity index (χ0) is 25.7. The second kappa shape index (κ2) is 11.0. The van der Waals surface area contributed by atoms with Crippen molar-refractivity contribution in [3.05, 3.63) is 112 Å². The molecule has 0 fully saturated rings. The molecule has 0 aliphatic rings. The molecule has 0 saturated carbocycles. The van der Waals surface area contributed by atoms with Crippen LogP contribution in [0.15, 0.2) is 94.4 Å². The van der Waals surface area contributed by atoms with E-state index in [0.717, 1.165) is 11.8 Å². The van der Waals surface area contributed by atoms with Gasteiger partial charge in [-0.15, -0.1) is 0 Å². The molecule has 0 atom stereocenters. The largest absolute Gasteiger partial charge is 0.455 e. The van der Waals surface area contributed by atoms with E-state index < -0.39 is 15.9 Å². The lowest BCUT2D eigenvalue weighted by molar-refractivity contribution is 0.0955. The molecule has 4 aromatic rings. The van der Waals surface area contributed by atoms with Crippen molar-refractivity contribution in [1.29, 1.82) is 0 Å². The van der Waals surface area contributed by atoms with E-state index >= 15 is 0 Å². The normalized spacial score (nSPS) is 11.5. The number of carbonyl (C=O) groups excluding carboxylic acids is 1. The van der Waals surface area contributed by atoms with Gasteiger partial charge < -0.3 is 4.42 Å². The third-order valence-corrected chi connectivity index (χ3v) is 6.84. The van der Waals surface area contributed by atoms with Crippen LogP contribution in [0.2, 0.25) is 10.0 Å². The first-order valence-corrected chi connectivity index (χ1v) is 13.3. The van der Waals surface area contributed by atoms with E-state index in [4.69, 9.17) is 27.6 Å². The number of furan rings is 1. The average Bonchev–Trinajstić information content (AvgIpc) is 3.31. The van der Waals surface area contributed by atoms with Crippen molar-refractivity contribution in [3.63, 3.8) is 0 Å². The van der Waals surface area contributed by atoms with Crippen LogP contribution >= 0.6 is 23.2 Å². The molecule has 0 saturated heterocycles. The van der Waals surface area contributed by atoms with Gasteiger partial charge in [-0.2, -0.15) is 5.10 Å². The van der Waals surface area contributed by atoms with Crippen molar-refractivity contribution in [3.8, 4) is 11.3 Å². The zero-order valence-electron chi connectivity index (χ0n) is 19.1. The molecule has 1 heterocycles. The minimum atomic E-state index is -3.68. The van der Waals surface area contributed by atoms with E-state index in [2.05, 4.69) is 10.5 Å². The number of nitrogens with zero attached hydrogens (tertiary/aromatic N) is 2. The molecule has 1 N–H and O–H groups in total. The Balaban J connectivity index is 1.52. The number of rotatable bonds is 8. The van der Waals surface area contributed by atoms with Crippen molar-refractivity contribution in [2.45, 2.75) is 6.54 Å². The summed E-state index contributed by atoms with van der Waals surface area (Å²) in [6, 6.07) is 24.0. The Labute approximate surface area is 219 Å². The number of para-hydroxylation sites is 1. The fourth-order valence-electron chi connectivity index (χ4n) is 3.48. The smallest absolute Gasteiger partial charge is 0.273 e. The third kappa shape index (κ3) is 6.15. The number of hydrazone groups is 1. The highest BCUT2D eigenvalue weighted by Crippen LogP contribution is 2.31. The van der Waals surface area contributed by atoms with Crippen LogP contribution in [-0.2, 0) is 16.6 Å². The zero-order valence-corrected chi connectivity index (χ0v) is 21.4. The first-order valence-electron chi connectivity index (χ1n) is 10.7. The Bertz CT molecular complexity index is 1520. The second-order valence-corrected chi connectivity index (χ2v) is 10.5. The Morgan fingerprint density at radius 3 is 2.44 bits per heavy atom. The van der Waals surface area contributed by atoms with Gasteiger partial charge in [0.05, 0.1) is 35.3 Å². The van der Waals surface area contributed by atoms with Crippen molar-refractivity contribution >= 4 is 51.0 Å². The molecule has 0 aliphatic carbocycles. The standard InChI is InChI=1S/C26H21Cl2N3O4S/c1-36(33,34)31(17-18-7-3-2-4-8-18)24-10-6-5-9-22(24)26(32)30-29-16-20-12-14-25(35-20)21-13-11-19(27)15-23(21)28/h2-16H,17H2,1H3,(H,30,32)/b29-16+. The molecule has 10 heteroatoms. The summed E-state index contributed by atoms with van der Waals surface area (Å²) in [7, 11) is -3.68.